The van der Waals surface area contributed by atoms with Gasteiger partial charge in [0.05, 0.1) is 6.61 Å². The Morgan fingerprint density at radius 3 is 2.47 bits per heavy atom. The first-order chi connectivity index (χ1) is 17.5. The Kier molecular flexibility index (Phi) is 11.5. The molecule has 1 N–H and O–H groups in total. The van der Waals surface area contributed by atoms with Crippen LogP contribution in [0.5, 0.6) is 0 Å². The fourth-order valence-electron chi connectivity index (χ4n) is 5.08. The normalized spacial score (nSPS) is 15.4. The van der Waals surface area contributed by atoms with Crippen molar-refractivity contribution in [2.24, 2.45) is 5.92 Å². The molecule has 36 heavy (non-hydrogen) atoms. The first-order valence-corrected chi connectivity index (χ1v) is 13.9. The third-order valence-corrected chi connectivity index (χ3v) is 7.27. The molecular weight excluding hydrogens is 444 g/mol. The number of ether oxygens (including phenoxy) is 1. The molecule has 0 fully saturated rings. The Morgan fingerprint density at radius 1 is 1.03 bits per heavy atom. The smallest absolute Gasteiger partial charge is 0.333 e. The van der Waals surface area contributed by atoms with E-state index in [2.05, 4.69) is 62.0 Å². The summed E-state index contributed by atoms with van der Waals surface area (Å²) in [7, 11) is 0. The number of unbranched alkanes of at least 4 members (excludes halogenated alkanes) is 2. The molecule has 0 spiro atoms. The van der Waals surface area contributed by atoms with Crippen molar-refractivity contribution < 1.29 is 14.6 Å². The summed E-state index contributed by atoms with van der Waals surface area (Å²) in [6.07, 6.45) is 14.8. The zero-order chi connectivity index (χ0) is 25.8. The van der Waals surface area contributed by atoms with Crippen LogP contribution in [0.1, 0.15) is 88.3 Å². The Balaban J connectivity index is 1.69. The summed E-state index contributed by atoms with van der Waals surface area (Å²) in [6.45, 7) is 8.18. The van der Waals surface area contributed by atoms with Crippen LogP contribution in [-0.4, -0.2) is 24.3 Å². The average Bonchev–Trinajstić information content (AvgIpc) is 2.90. The molecule has 2 aromatic carbocycles. The largest absolute Gasteiger partial charge is 0.462 e. The predicted octanol–water partition coefficient (Wildman–Crippen LogP) is 8.09. The zero-order valence-corrected chi connectivity index (χ0v) is 22.4. The summed E-state index contributed by atoms with van der Waals surface area (Å²) in [5.74, 6) is 0.535. The molecule has 194 valence electrons. The molecule has 1 atom stereocenters. The summed E-state index contributed by atoms with van der Waals surface area (Å²) in [4.78, 5) is 11.7. The van der Waals surface area contributed by atoms with Crippen LogP contribution >= 0.6 is 0 Å². The van der Waals surface area contributed by atoms with Crippen molar-refractivity contribution >= 4 is 11.5 Å². The number of aliphatic hydroxyl groups is 1. The standard InChI is InChI=1S/C33H44O3/c1-4-5-6-9-26-12-15-28(16-13-26)29-17-19-30(20-18-29)32-21-14-27(10-7-22-34)24-31(32)11-8-23-36-33(35)25(2)3/h14-15,17-21,24,26,34H,2,4-13,16,22-23H2,1,3H3. The number of carbonyl (C=O) groups is 1. The van der Waals surface area contributed by atoms with Gasteiger partial charge < -0.3 is 9.84 Å². The minimum absolute atomic E-state index is 0.199. The van der Waals surface area contributed by atoms with Crippen LogP contribution in [0.4, 0.5) is 0 Å². The molecule has 1 aliphatic carbocycles. The third-order valence-electron chi connectivity index (χ3n) is 7.27. The number of hydrogen-bond acceptors (Lipinski definition) is 3. The van der Waals surface area contributed by atoms with Gasteiger partial charge in [-0.2, -0.15) is 0 Å². The molecular formula is C33H44O3. The fourth-order valence-corrected chi connectivity index (χ4v) is 5.08. The van der Waals surface area contributed by atoms with Crippen LogP contribution in [0.15, 0.2) is 60.7 Å². The molecule has 0 saturated carbocycles. The molecule has 1 aliphatic rings. The van der Waals surface area contributed by atoms with E-state index in [0.29, 0.717) is 12.2 Å². The Bertz CT molecular complexity index is 1020. The second kappa shape index (κ2) is 14.8. The van der Waals surface area contributed by atoms with E-state index in [0.717, 1.165) is 31.6 Å². The number of benzene rings is 2. The van der Waals surface area contributed by atoms with Gasteiger partial charge in [0.2, 0.25) is 0 Å². The summed E-state index contributed by atoms with van der Waals surface area (Å²) in [5.41, 5.74) is 8.22. The minimum atomic E-state index is -0.327. The maximum Gasteiger partial charge on any atom is 0.333 e. The maximum atomic E-state index is 11.7. The van der Waals surface area contributed by atoms with Crippen molar-refractivity contribution in [1.82, 2.24) is 0 Å². The topological polar surface area (TPSA) is 46.5 Å². The highest BCUT2D eigenvalue weighted by Gasteiger charge is 2.16. The number of esters is 1. The zero-order valence-electron chi connectivity index (χ0n) is 22.4. The van der Waals surface area contributed by atoms with Crippen LogP contribution in [0, 0.1) is 5.92 Å². The predicted molar refractivity (Wildman–Crippen MR) is 151 cm³/mol. The number of rotatable bonds is 14. The van der Waals surface area contributed by atoms with Crippen molar-refractivity contribution in [1.29, 1.82) is 0 Å². The van der Waals surface area contributed by atoms with E-state index in [-0.39, 0.29) is 12.6 Å². The van der Waals surface area contributed by atoms with Crippen molar-refractivity contribution in [2.75, 3.05) is 13.2 Å². The Hall–Kier alpha value is -2.65. The average molecular weight is 489 g/mol. The lowest BCUT2D eigenvalue weighted by Gasteiger charge is -2.22. The second-order valence-electron chi connectivity index (χ2n) is 10.3. The highest BCUT2D eigenvalue weighted by molar-refractivity contribution is 5.86. The van der Waals surface area contributed by atoms with Crippen molar-refractivity contribution in [3.05, 3.63) is 77.4 Å². The van der Waals surface area contributed by atoms with Crippen LogP contribution < -0.4 is 0 Å². The molecule has 0 saturated heterocycles. The molecule has 0 aromatic heterocycles. The lowest BCUT2D eigenvalue weighted by molar-refractivity contribution is -0.139. The lowest BCUT2D eigenvalue weighted by Crippen LogP contribution is -2.07. The number of aryl methyl sites for hydroxylation is 2. The molecule has 0 radical (unpaired) electrons. The molecule has 0 aliphatic heterocycles. The second-order valence-corrected chi connectivity index (χ2v) is 10.3. The molecule has 0 heterocycles. The van der Waals surface area contributed by atoms with Gasteiger partial charge in [-0.15, -0.1) is 0 Å². The minimum Gasteiger partial charge on any atom is -0.462 e. The third kappa shape index (κ3) is 8.48. The van der Waals surface area contributed by atoms with Gasteiger partial charge in [-0.25, -0.2) is 4.79 Å². The van der Waals surface area contributed by atoms with Crippen LogP contribution in [0.25, 0.3) is 16.7 Å². The van der Waals surface area contributed by atoms with Gasteiger partial charge in [0, 0.05) is 12.2 Å². The van der Waals surface area contributed by atoms with E-state index in [1.165, 1.54) is 78.3 Å². The quantitative estimate of drug-likeness (QED) is 0.166. The maximum absolute atomic E-state index is 11.7. The monoisotopic (exact) mass is 488 g/mol. The van der Waals surface area contributed by atoms with Gasteiger partial charge in [0.25, 0.3) is 0 Å². The fraction of sp³-hybridized carbons (Fsp3) is 0.485. The van der Waals surface area contributed by atoms with E-state index in [9.17, 15) is 9.90 Å². The number of hydrogen-bond donors (Lipinski definition) is 1. The van der Waals surface area contributed by atoms with Gasteiger partial charge in [0.15, 0.2) is 0 Å². The van der Waals surface area contributed by atoms with Gasteiger partial charge >= 0.3 is 5.97 Å². The summed E-state index contributed by atoms with van der Waals surface area (Å²) < 4.78 is 5.31. The molecule has 2 aromatic rings. The summed E-state index contributed by atoms with van der Waals surface area (Å²) in [6, 6.07) is 15.7. The van der Waals surface area contributed by atoms with E-state index in [4.69, 9.17) is 4.74 Å². The van der Waals surface area contributed by atoms with E-state index >= 15 is 0 Å². The molecule has 0 bridgehead atoms. The van der Waals surface area contributed by atoms with Crippen LogP contribution in [0.3, 0.4) is 0 Å². The van der Waals surface area contributed by atoms with Crippen molar-refractivity contribution in [2.45, 2.75) is 84.5 Å². The molecule has 0 amide bonds. The van der Waals surface area contributed by atoms with Gasteiger partial charge in [0.1, 0.15) is 0 Å². The SMILES string of the molecule is C=C(C)C(=O)OCCCc1cc(CCCO)ccc1-c1ccc(C2=CCC(CCCCC)CC2)cc1. The van der Waals surface area contributed by atoms with Crippen LogP contribution in [-0.2, 0) is 22.4 Å². The summed E-state index contributed by atoms with van der Waals surface area (Å²) in [5, 5.41) is 9.24. The van der Waals surface area contributed by atoms with Gasteiger partial charge in [-0.05, 0) is 91.2 Å². The molecule has 1 unspecified atom stereocenters. The summed E-state index contributed by atoms with van der Waals surface area (Å²) >= 11 is 0. The van der Waals surface area contributed by atoms with Gasteiger partial charge in [-0.3, -0.25) is 0 Å². The molecule has 3 heteroatoms. The molecule has 3 rings (SSSR count). The Morgan fingerprint density at radius 2 is 1.81 bits per heavy atom. The molecule has 3 nitrogen and oxygen atoms in total. The van der Waals surface area contributed by atoms with Crippen LogP contribution in [0.2, 0.25) is 0 Å². The highest BCUT2D eigenvalue weighted by Crippen LogP contribution is 2.34. The van der Waals surface area contributed by atoms with E-state index < -0.39 is 0 Å². The van der Waals surface area contributed by atoms with Gasteiger partial charge in [-0.1, -0.05) is 87.7 Å². The van der Waals surface area contributed by atoms with Crippen molar-refractivity contribution in [3.63, 3.8) is 0 Å². The first kappa shape index (κ1) is 27.9. The first-order valence-electron chi connectivity index (χ1n) is 13.9. The number of carbonyl (C=O) groups excluding carboxylic acids is 1. The highest BCUT2D eigenvalue weighted by atomic mass is 16.5. The van der Waals surface area contributed by atoms with E-state index in [1.807, 2.05) is 0 Å². The Labute approximate surface area is 218 Å². The number of aliphatic hydroxyl groups excluding tert-OH is 1. The lowest BCUT2D eigenvalue weighted by atomic mass is 9.83. The number of allylic oxidation sites excluding steroid dienone is 2. The van der Waals surface area contributed by atoms with E-state index in [1.54, 1.807) is 6.92 Å². The van der Waals surface area contributed by atoms with Crippen molar-refractivity contribution in [3.8, 4) is 11.1 Å².